The molecular formula is C21H24ClN5O. The van der Waals surface area contributed by atoms with Gasteiger partial charge in [0.15, 0.2) is 0 Å². The number of nitrogens with zero attached hydrogens (tertiary/aromatic N) is 5. The molecule has 1 aromatic carbocycles. The molecule has 7 heteroatoms. The zero-order valence-electron chi connectivity index (χ0n) is 15.9. The minimum Gasteiger partial charge on any atom is -0.489 e. The van der Waals surface area contributed by atoms with Gasteiger partial charge in [-0.3, -0.25) is 0 Å². The van der Waals surface area contributed by atoms with E-state index in [2.05, 4.69) is 10.00 Å². The third-order valence-corrected chi connectivity index (χ3v) is 5.97. The number of ether oxygens (including phenoxy) is 1. The van der Waals surface area contributed by atoms with Gasteiger partial charge < -0.3 is 9.64 Å². The quantitative estimate of drug-likeness (QED) is 0.634. The Labute approximate surface area is 169 Å². The lowest BCUT2D eigenvalue weighted by atomic mass is 9.98. The average Bonchev–Trinajstić information content (AvgIpc) is 3.43. The SMILES string of the molecule is Clc1cc2nc(-n3cccn3)nc(N3CCCC3)c2cc1OC1CCCCC1. The summed E-state index contributed by atoms with van der Waals surface area (Å²) in [5, 5.41) is 5.89. The van der Waals surface area contributed by atoms with Crippen LogP contribution in [0.3, 0.4) is 0 Å². The van der Waals surface area contributed by atoms with Crippen molar-refractivity contribution in [3.8, 4) is 11.7 Å². The second-order valence-corrected chi connectivity index (χ2v) is 8.08. The van der Waals surface area contributed by atoms with Gasteiger partial charge in [-0.05, 0) is 56.7 Å². The molecule has 0 unspecified atom stereocenters. The molecule has 2 aromatic heterocycles. The highest BCUT2D eigenvalue weighted by molar-refractivity contribution is 6.33. The number of benzene rings is 1. The first kappa shape index (κ1) is 17.7. The minimum atomic E-state index is 0.253. The predicted molar refractivity (Wildman–Crippen MR) is 111 cm³/mol. The third-order valence-electron chi connectivity index (χ3n) is 5.68. The Hall–Kier alpha value is -2.34. The van der Waals surface area contributed by atoms with Crippen LogP contribution in [0.4, 0.5) is 5.82 Å². The summed E-state index contributed by atoms with van der Waals surface area (Å²) in [6.45, 7) is 2.01. The molecular weight excluding hydrogens is 374 g/mol. The number of hydrogen-bond donors (Lipinski definition) is 0. The van der Waals surface area contributed by atoms with Gasteiger partial charge in [-0.25, -0.2) is 9.67 Å². The van der Waals surface area contributed by atoms with Crippen molar-refractivity contribution in [2.45, 2.75) is 51.0 Å². The molecule has 1 saturated carbocycles. The third kappa shape index (κ3) is 3.41. The van der Waals surface area contributed by atoms with E-state index in [9.17, 15) is 0 Å². The van der Waals surface area contributed by atoms with Gasteiger partial charge in [0.1, 0.15) is 11.6 Å². The van der Waals surface area contributed by atoms with E-state index in [-0.39, 0.29) is 6.10 Å². The van der Waals surface area contributed by atoms with Crippen molar-refractivity contribution >= 4 is 28.3 Å². The monoisotopic (exact) mass is 397 g/mol. The Morgan fingerprint density at radius 1 is 1.00 bits per heavy atom. The molecule has 0 radical (unpaired) electrons. The molecule has 2 fully saturated rings. The Morgan fingerprint density at radius 3 is 2.57 bits per heavy atom. The highest BCUT2D eigenvalue weighted by atomic mass is 35.5. The standard InChI is InChI=1S/C21H24ClN5O/c22-17-14-18-16(13-19(17)28-15-7-2-1-3-8-15)20(26-10-4-5-11-26)25-21(24-18)27-12-6-9-23-27/h6,9,12-15H,1-5,7-8,10-11H2. The normalized spacial score (nSPS) is 18.1. The first-order valence-corrected chi connectivity index (χ1v) is 10.6. The number of halogens is 1. The highest BCUT2D eigenvalue weighted by Gasteiger charge is 2.22. The van der Waals surface area contributed by atoms with Crippen LogP contribution >= 0.6 is 11.6 Å². The van der Waals surface area contributed by atoms with Crippen molar-refractivity contribution in [2.24, 2.45) is 0 Å². The molecule has 3 heterocycles. The Bertz CT molecular complexity index is 963. The fourth-order valence-corrected chi connectivity index (χ4v) is 4.42. The maximum atomic E-state index is 6.59. The van der Waals surface area contributed by atoms with Crippen LogP contribution in [0.25, 0.3) is 16.9 Å². The molecule has 0 amide bonds. The van der Waals surface area contributed by atoms with Crippen molar-refractivity contribution in [3.05, 3.63) is 35.6 Å². The van der Waals surface area contributed by atoms with Crippen molar-refractivity contribution in [1.29, 1.82) is 0 Å². The van der Waals surface area contributed by atoms with Crippen molar-refractivity contribution in [2.75, 3.05) is 18.0 Å². The van der Waals surface area contributed by atoms with E-state index in [4.69, 9.17) is 26.3 Å². The molecule has 0 bridgehead atoms. The number of fused-ring (bicyclic) bond motifs is 1. The van der Waals surface area contributed by atoms with Crippen LogP contribution in [0.15, 0.2) is 30.6 Å². The maximum Gasteiger partial charge on any atom is 0.253 e. The minimum absolute atomic E-state index is 0.253. The zero-order valence-corrected chi connectivity index (χ0v) is 16.6. The van der Waals surface area contributed by atoms with Gasteiger partial charge >= 0.3 is 0 Å². The summed E-state index contributed by atoms with van der Waals surface area (Å²) >= 11 is 6.59. The van der Waals surface area contributed by atoms with Gasteiger partial charge in [-0.1, -0.05) is 18.0 Å². The lowest BCUT2D eigenvalue weighted by molar-refractivity contribution is 0.155. The first-order valence-electron chi connectivity index (χ1n) is 10.2. The molecule has 0 atom stereocenters. The Morgan fingerprint density at radius 2 is 1.82 bits per heavy atom. The second kappa shape index (κ2) is 7.59. The number of rotatable bonds is 4. The van der Waals surface area contributed by atoms with Crippen LogP contribution in [0.1, 0.15) is 44.9 Å². The average molecular weight is 398 g/mol. The van der Waals surface area contributed by atoms with E-state index in [0.29, 0.717) is 11.0 Å². The Balaban J connectivity index is 1.60. The van der Waals surface area contributed by atoms with Crippen molar-refractivity contribution in [3.63, 3.8) is 0 Å². The van der Waals surface area contributed by atoms with Crippen LogP contribution in [-0.2, 0) is 0 Å². The number of anilines is 1. The summed E-state index contributed by atoms with van der Waals surface area (Å²) in [6, 6.07) is 5.81. The van der Waals surface area contributed by atoms with E-state index < -0.39 is 0 Å². The van der Waals surface area contributed by atoms with Gasteiger partial charge in [0.25, 0.3) is 5.95 Å². The van der Waals surface area contributed by atoms with Gasteiger partial charge in [-0.15, -0.1) is 0 Å². The molecule has 6 nitrogen and oxygen atoms in total. The van der Waals surface area contributed by atoms with Crippen LogP contribution in [0.5, 0.6) is 5.75 Å². The summed E-state index contributed by atoms with van der Waals surface area (Å²) in [5.41, 5.74) is 0.823. The van der Waals surface area contributed by atoms with Crippen LogP contribution < -0.4 is 9.64 Å². The molecule has 5 rings (SSSR count). The zero-order chi connectivity index (χ0) is 18.9. The predicted octanol–water partition coefficient (Wildman–Crippen LogP) is 4.78. The van der Waals surface area contributed by atoms with Crippen LogP contribution in [0.2, 0.25) is 5.02 Å². The Kier molecular flexibility index (Phi) is 4.81. The smallest absolute Gasteiger partial charge is 0.253 e. The molecule has 0 spiro atoms. The second-order valence-electron chi connectivity index (χ2n) is 7.67. The summed E-state index contributed by atoms with van der Waals surface area (Å²) in [4.78, 5) is 11.9. The summed E-state index contributed by atoms with van der Waals surface area (Å²) in [6.07, 6.45) is 12.2. The molecule has 2 aliphatic rings. The van der Waals surface area contributed by atoms with E-state index in [0.717, 1.165) is 48.4 Å². The maximum absolute atomic E-state index is 6.59. The number of aromatic nitrogens is 4. The highest BCUT2D eigenvalue weighted by Crippen LogP contribution is 2.36. The molecule has 1 saturated heterocycles. The van der Waals surface area contributed by atoms with Crippen LogP contribution in [0, 0.1) is 0 Å². The molecule has 0 N–H and O–H groups in total. The largest absolute Gasteiger partial charge is 0.489 e. The summed E-state index contributed by atoms with van der Waals surface area (Å²) in [5.74, 6) is 2.26. The van der Waals surface area contributed by atoms with E-state index in [1.165, 1.54) is 32.1 Å². The number of hydrogen-bond acceptors (Lipinski definition) is 5. The van der Waals surface area contributed by atoms with Gasteiger partial charge in [0.2, 0.25) is 0 Å². The molecule has 28 heavy (non-hydrogen) atoms. The topological polar surface area (TPSA) is 56.1 Å². The van der Waals surface area contributed by atoms with Gasteiger partial charge in [0.05, 0.1) is 16.6 Å². The molecule has 3 aromatic rings. The van der Waals surface area contributed by atoms with Gasteiger partial charge in [0, 0.05) is 30.9 Å². The lowest BCUT2D eigenvalue weighted by Gasteiger charge is -2.24. The van der Waals surface area contributed by atoms with E-state index >= 15 is 0 Å². The molecule has 1 aliphatic heterocycles. The molecule has 1 aliphatic carbocycles. The van der Waals surface area contributed by atoms with Gasteiger partial charge in [-0.2, -0.15) is 10.1 Å². The molecule has 146 valence electrons. The fourth-order valence-electron chi connectivity index (χ4n) is 4.21. The van der Waals surface area contributed by atoms with Crippen molar-refractivity contribution in [1.82, 2.24) is 19.7 Å². The van der Waals surface area contributed by atoms with E-state index in [1.807, 2.05) is 24.4 Å². The fraction of sp³-hybridized carbons (Fsp3) is 0.476. The van der Waals surface area contributed by atoms with Crippen molar-refractivity contribution < 1.29 is 4.74 Å². The van der Waals surface area contributed by atoms with Crippen LogP contribution in [-0.4, -0.2) is 38.9 Å². The summed E-state index contributed by atoms with van der Waals surface area (Å²) in [7, 11) is 0. The lowest BCUT2D eigenvalue weighted by Crippen LogP contribution is -2.21. The van der Waals surface area contributed by atoms with E-state index in [1.54, 1.807) is 10.9 Å². The summed E-state index contributed by atoms with van der Waals surface area (Å²) < 4.78 is 7.98. The first-order chi connectivity index (χ1) is 13.8.